The first-order chi connectivity index (χ1) is 32.6. The van der Waals surface area contributed by atoms with Gasteiger partial charge < -0.3 is 29.0 Å². The molecule has 1 rings (SSSR count). The first kappa shape index (κ1) is 71.6. The van der Waals surface area contributed by atoms with Gasteiger partial charge in [0.15, 0.2) is 0 Å². The number of aldehydes is 1. The third-order valence-corrected chi connectivity index (χ3v) is 12.3. The van der Waals surface area contributed by atoms with Crippen LogP contribution in [-0.4, -0.2) is 79.8 Å². The predicted octanol–water partition coefficient (Wildman–Crippen LogP) is 16.8. The van der Waals surface area contributed by atoms with Crippen LogP contribution in [0.1, 0.15) is 306 Å². The number of rotatable bonds is 42. The van der Waals surface area contributed by atoms with E-state index >= 15 is 0 Å². The number of nitrogens with zero attached hydrogens (tertiary/aromatic N) is 1. The Hall–Kier alpha value is -2.00. The van der Waals surface area contributed by atoms with Gasteiger partial charge in [-0.3, -0.25) is 14.4 Å². The van der Waals surface area contributed by atoms with Crippen molar-refractivity contribution in [3.63, 3.8) is 0 Å². The summed E-state index contributed by atoms with van der Waals surface area (Å²) in [6, 6.07) is 0.574. The Morgan fingerprint density at radius 2 is 0.910 bits per heavy atom. The minimum absolute atomic E-state index is 0.0150. The third kappa shape index (κ3) is 66.1. The zero-order chi connectivity index (χ0) is 50.7. The van der Waals surface area contributed by atoms with Crippen LogP contribution < -0.4 is 0 Å². The van der Waals surface area contributed by atoms with Crippen molar-refractivity contribution in [3.05, 3.63) is 0 Å². The Labute approximate surface area is 417 Å². The molecule has 0 aromatic rings. The van der Waals surface area contributed by atoms with Crippen molar-refractivity contribution < 1.29 is 38.5 Å². The molecule has 1 heterocycles. The third-order valence-electron chi connectivity index (χ3n) is 12.3. The molecule has 0 aliphatic carbocycles. The topological polar surface area (TPSA) is 119 Å². The lowest BCUT2D eigenvalue weighted by Gasteiger charge is -2.18. The van der Waals surface area contributed by atoms with E-state index < -0.39 is 0 Å². The normalized spacial score (nSPS) is 14.4. The minimum Gasteiger partial charge on any atom is -0.468 e. The van der Waals surface area contributed by atoms with E-state index in [-0.39, 0.29) is 24.1 Å². The monoisotopic (exact) mass is 956 g/mol. The van der Waals surface area contributed by atoms with E-state index in [1.54, 1.807) is 0 Å². The average Bonchev–Trinajstić information content (AvgIpc) is 3.63. The molecule has 0 bridgehead atoms. The standard InChI is InChI=1S/C25H48O4.C17H32O3.C6H13NO.C6H14.C4H10/c1-3-5-7-9-12-16-20-24(19-15-11-8-6-4-2)29-25(27)21-17-13-10-14-18-22-28-23-26;1-2-3-4-5-6-7-8-9-13-16-20-17(19)14-11-10-12-15-18;1-5-3-6(8)4-7(5)2;1-3-5-6-4-2;1-3-4-2/h23-24H,3-22H2,1-2H3;15H,2-14,16H2,1H3;5-6,8H,3-4H2,1-2H3;3-6H2,1-2H3;3-4H2,1-2H3. The second kappa shape index (κ2) is 64.0. The highest BCUT2D eigenvalue weighted by Crippen LogP contribution is 2.18. The fourth-order valence-electron chi connectivity index (χ4n) is 7.50. The van der Waals surface area contributed by atoms with E-state index in [2.05, 4.69) is 65.0 Å². The van der Waals surface area contributed by atoms with Gasteiger partial charge in [-0.25, -0.2) is 0 Å². The quantitative estimate of drug-likeness (QED) is 0.0276. The number of ether oxygens (including phenoxy) is 3. The largest absolute Gasteiger partial charge is 0.468 e. The van der Waals surface area contributed by atoms with Gasteiger partial charge in [-0.15, -0.1) is 0 Å². The molecule has 3 atom stereocenters. The van der Waals surface area contributed by atoms with E-state index in [9.17, 15) is 19.2 Å². The van der Waals surface area contributed by atoms with Crippen molar-refractivity contribution >= 4 is 24.7 Å². The van der Waals surface area contributed by atoms with Crippen LogP contribution in [0.4, 0.5) is 0 Å². The van der Waals surface area contributed by atoms with Gasteiger partial charge in [-0.2, -0.15) is 0 Å². The van der Waals surface area contributed by atoms with Gasteiger partial charge in [0.25, 0.3) is 6.47 Å². The number of hydrogen-bond donors (Lipinski definition) is 1. The summed E-state index contributed by atoms with van der Waals surface area (Å²) in [7, 11) is 2.04. The summed E-state index contributed by atoms with van der Waals surface area (Å²) in [6.07, 6.45) is 45.6. The summed E-state index contributed by atoms with van der Waals surface area (Å²) in [5, 5.41) is 9.03. The Morgan fingerprint density at radius 1 is 0.522 bits per heavy atom. The smallest absolute Gasteiger partial charge is 0.306 e. The molecular weight excluding hydrogens is 839 g/mol. The van der Waals surface area contributed by atoms with E-state index in [4.69, 9.17) is 14.6 Å². The Kier molecular flexibility index (Phi) is 68.3. The molecule has 9 nitrogen and oxygen atoms in total. The molecule has 1 fully saturated rings. The lowest BCUT2D eigenvalue weighted by atomic mass is 10.0. The molecular formula is C58H117NO8. The highest BCUT2D eigenvalue weighted by atomic mass is 16.5. The number of likely N-dealkylation sites (tertiary alicyclic amines) is 1. The van der Waals surface area contributed by atoms with Crippen LogP contribution >= 0.6 is 0 Å². The predicted molar refractivity (Wildman–Crippen MR) is 287 cm³/mol. The summed E-state index contributed by atoms with van der Waals surface area (Å²) in [5.74, 6) is -0.130. The number of aliphatic hydroxyl groups excluding tert-OH is 1. The van der Waals surface area contributed by atoms with Gasteiger partial charge in [-0.1, -0.05) is 215 Å². The van der Waals surface area contributed by atoms with Crippen molar-refractivity contribution in [2.75, 3.05) is 26.8 Å². The molecule has 0 spiro atoms. The number of likely N-dealkylation sites (N-methyl/N-ethyl adjacent to an activating group) is 1. The SMILES string of the molecule is CC1CC(O)CN1C.CCCC.CCCCCC.CCCCCCCCC(CCCCCCC)OC(=O)CCCCCCCOC=O.CCCCCCCCCCCOC(=O)CCCCC=O. The number of unbranched alkanes of at least 4 members (excludes halogenated alkanes) is 27. The van der Waals surface area contributed by atoms with Crippen molar-refractivity contribution in [2.45, 2.75) is 324 Å². The second-order valence-electron chi connectivity index (χ2n) is 19.2. The summed E-state index contributed by atoms with van der Waals surface area (Å²) < 4.78 is 15.7. The number of hydrogen-bond acceptors (Lipinski definition) is 9. The van der Waals surface area contributed by atoms with Crippen molar-refractivity contribution in [2.24, 2.45) is 0 Å². The van der Waals surface area contributed by atoms with Gasteiger partial charge in [0.2, 0.25) is 0 Å². The molecule has 1 aliphatic heterocycles. The fourth-order valence-corrected chi connectivity index (χ4v) is 7.50. The first-order valence-electron chi connectivity index (χ1n) is 28.8. The van der Waals surface area contributed by atoms with Crippen LogP contribution in [0.5, 0.6) is 0 Å². The summed E-state index contributed by atoms with van der Waals surface area (Å²) in [5.41, 5.74) is 0. The molecule has 3 unspecified atom stereocenters. The maximum absolute atomic E-state index is 12.3. The molecule has 1 N–H and O–H groups in total. The van der Waals surface area contributed by atoms with E-state index in [1.165, 1.54) is 154 Å². The minimum atomic E-state index is -0.115. The van der Waals surface area contributed by atoms with E-state index in [0.717, 1.165) is 89.9 Å². The average molecular weight is 957 g/mol. The Balaban J connectivity index is -0.000000443. The van der Waals surface area contributed by atoms with Crippen molar-refractivity contribution in [1.82, 2.24) is 4.90 Å². The van der Waals surface area contributed by atoms with Crippen LogP contribution in [0.2, 0.25) is 0 Å². The molecule has 1 aliphatic rings. The molecule has 0 amide bonds. The lowest BCUT2D eigenvalue weighted by Crippen LogP contribution is -2.21. The lowest BCUT2D eigenvalue weighted by molar-refractivity contribution is -0.150. The van der Waals surface area contributed by atoms with Gasteiger partial charge in [0, 0.05) is 31.8 Å². The van der Waals surface area contributed by atoms with Gasteiger partial charge in [0.05, 0.1) is 19.3 Å². The fraction of sp³-hybridized carbons (Fsp3) is 0.931. The van der Waals surface area contributed by atoms with Crippen LogP contribution in [0.15, 0.2) is 0 Å². The summed E-state index contributed by atoms with van der Waals surface area (Å²) in [4.78, 5) is 45.9. The zero-order valence-corrected chi connectivity index (χ0v) is 46.3. The maximum atomic E-state index is 12.3. The number of aliphatic hydroxyl groups is 1. The van der Waals surface area contributed by atoms with Crippen molar-refractivity contribution in [1.29, 1.82) is 0 Å². The molecule has 0 aromatic carbocycles. The number of esters is 2. The highest BCUT2D eigenvalue weighted by molar-refractivity contribution is 5.69. The number of carbonyl (C=O) groups excluding carboxylic acids is 4. The molecule has 0 radical (unpaired) electrons. The number of carbonyl (C=O) groups is 4. The zero-order valence-electron chi connectivity index (χ0n) is 46.3. The molecule has 0 saturated carbocycles. The maximum Gasteiger partial charge on any atom is 0.306 e. The van der Waals surface area contributed by atoms with Crippen LogP contribution in [-0.2, 0) is 33.4 Å². The van der Waals surface area contributed by atoms with Crippen molar-refractivity contribution in [3.8, 4) is 0 Å². The van der Waals surface area contributed by atoms with Gasteiger partial charge in [-0.05, 0) is 78.2 Å². The highest BCUT2D eigenvalue weighted by Gasteiger charge is 2.23. The number of β-amino-alcohol motifs (C(OH)–C–C–N with tert-alkyl or cyclic N) is 1. The van der Waals surface area contributed by atoms with Gasteiger partial charge in [0.1, 0.15) is 12.4 Å². The molecule has 67 heavy (non-hydrogen) atoms. The van der Waals surface area contributed by atoms with Crippen LogP contribution in [0.25, 0.3) is 0 Å². The second-order valence-corrected chi connectivity index (χ2v) is 19.2. The first-order valence-corrected chi connectivity index (χ1v) is 28.8. The van der Waals surface area contributed by atoms with Crippen LogP contribution in [0, 0.1) is 0 Å². The Bertz CT molecular complexity index is 949. The molecule has 9 heteroatoms. The van der Waals surface area contributed by atoms with Gasteiger partial charge >= 0.3 is 11.9 Å². The summed E-state index contributed by atoms with van der Waals surface area (Å²) in [6.45, 7) is 20.1. The summed E-state index contributed by atoms with van der Waals surface area (Å²) >= 11 is 0. The van der Waals surface area contributed by atoms with Crippen LogP contribution in [0.3, 0.4) is 0 Å². The molecule has 402 valence electrons. The molecule has 1 saturated heterocycles. The Morgan fingerprint density at radius 3 is 1.30 bits per heavy atom. The van der Waals surface area contributed by atoms with E-state index in [0.29, 0.717) is 45.0 Å². The van der Waals surface area contributed by atoms with E-state index in [1.807, 2.05) is 7.05 Å². The molecule has 0 aromatic heterocycles.